The van der Waals surface area contributed by atoms with Crippen molar-refractivity contribution in [1.29, 1.82) is 0 Å². The maximum absolute atomic E-state index is 12.3. The van der Waals surface area contributed by atoms with Crippen LogP contribution in [-0.2, 0) is 29.5 Å². The molecule has 0 fully saturated rings. The predicted octanol–water partition coefficient (Wildman–Crippen LogP) is 1.86. The highest BCUT2D eigenvalue weighted by atomic mass is 16.6. The Morgan fingerprint density at radius 1 is 1.29 bits per heavy atom. The maximum atomic E-state index is 12.3. The number of pyridine rings is 1. The van der Waals surface area contributed by atoms with E-state index in [4.69, 9.17) is 9.47 Å². The van der Waals surface area contributed by atoms with Crippen LogP contribution in [0.4, 0.5) is 4.79 Å². The number of rotatable bonds is 2. The molecule has 7 nitrogen and oxygen atoms in total. The zero-order valence-electron chi connectivity index (χ0n) is 14.8. The lowest BCUT2D eigenvalue weighted by molar-refractivity contribution is 0.0221. The van der Waals surface area contributed by atoms with Gasteiger partial charge in [-0.05, 0) is 39.3 Å². The van der Waals surface area contributed by atoms with E-state index in [-0.39, 0.29) is 17.7 Å². The number of amides is 1. The molecule has 0 N–H and O–H groups in total. The van der Waals surface area contributed by atoms with Crippen LogP contribution in [-0.4, -0.2) is 40.3 Å². The first kappa shape index (κ1) is 18.0. The van der Waals surface area contributed by atoms with Gasteiger partial charge in [-0.1, -0.05) is 0 Å². The third kappa shape index (κ3) is 3.77. The van der Waals surface area contributed by atoms with Crippen molar-refractivity contribution in [2.75, 3.05) is 13.2 Å². The summed E-state index contributed by atoms with van der Waals surface area (Å²) < 4.78 is 11.8. The molecule has 1 aromatic rings. The number of hydrogen-bond donors (Lipinski definition) is 0. The van der Waals surface area contributed by atoms with Gasteiger partial charge >= 0.3 is 12.1 Å². The minimum atomic E-state index is -0.643. The van der Waals surface area contributed by atoms with Crippen molar-refractivity contribution in [2.24, 2.45) is 7.05 Å². The molecule has 2 rings (SSSR count). The summed E-state index contributed by atoms with van der Waals surface area (Å²) in [6, 6.07) is 1.53. The van der Waals surface area contributed by atoms with E-state index in [2.05, 4.69) is 0 Å². The Bertz CT molecular complexity index is 715. The summed E-state index contributed by atoms with van der Waals surface area (Å²) in [4.78, 5) is 38.1. The highest BCUT2D eigenvalue weighted by Crippen LogP contribution is 2.21. The number of hydrogen-bond acceptors (Lipinski definition) is 5. The molecule has 0 aliphatic carbocycles. The van der Waals surface area contributed by atoms with E-state index >= 15 is 0 Å². The molecule has 0 saturated heterocycles. The average molecular weight is 336 g/mol. The number of fused-ring (bicyclic) bond motifs is 1. The normalized spacial score (nSPS) is 14.1. The van der Waals surface area contributed by atoms with Gasteiger partial charge < -0.3 is 18.9 Å². The van der Waals surface area contributed by atoms with Crippen LogP contribution in [0.2, 0.25) is 0 Å². The lowest BCUT2D eigenvalue weighted by Gasteiger charge is -2.32. The molecule has 0 radical (unpaired) electrons. The minimum Gasteiger partial charge on any atom is -0.462 e. The fourth-order valence-corrected chi connectivity index (χ4v) is 2.67. The van der Waals surface area contributed by atoms with Gasteiger partial charge in [0.2, 0.25) is 0 Å². The van der Waals surface area contributed by atoms with Crippen LogP contribution in [0.5, 0.6) is 0 Å². The number of esters is 1. The third-order valence-electron chi connectivity index (χ3n) is 3.76. The van der Waals surface area contributed by atoms with Gasteiger partial charge in [-0.25, -0.2) is 9.59 Å². The van der Waals surface area contributed by atoms with Crippen molar-refractivity contribution >= 4 is 12.1 Å². The average Bonchev–Trinajstić information content (AvgIpc) is 2.48. The van der Waals surface area contributed by atoms with Crippen LogP contribution in [0, 0.1) is 0 Å². The highest BCUT2D eigenvalue weighted by molar-refractivity contribution is 5.89. The molecule has 24 heavy (non-hydrogen) atoms. The number of carbonyl (C=O) groups excluding carboxylic acids is 2. The third-order valence-corrected chi connectivity index (χ3v) is 3.76. The molecular formula is C17H24N2O5. The summed E-state index contributed by atoms with van der Waals surface area (Å²) in [5, 5.41) is 0. The van der Waals surface area contributed by atoms with Crippen molar-refractivity contribution < 1.29 is 19.1 Å². The minimum absolute atomic E-state index is 0.0101. The molecule has 0 unspecified atom stereocenters. The molecule has 0 bridgehead atoms. The largest absolute Gasteiger partial charge is 0.462 e. The first-order chi connectivity index (χ1) is 11.1. The van der Waals surface area contributed by atoms with Gasteiger partial charge in [-0.3, -0.25) is 4.79 Å². The Labute approximate surface area is 141 Å². The molecule has 0 atom stereocenters. The van der Waals surface area contributed by atoms with Gasteiger partial charge in [0.05, 0.1) is 13.2 Å². The molecule has 2 heterocycles. The Morgan fingerprint density at radius 2 is 1.96 bits per heavy atom. The Morgan fingerprint density at radius 3 is 2.54 bits per heavy atom. The van der Waals surface area contributed by atoms with E-state index in [0.29, 0.717) is 19.5 Å². The maximum Gasteiger partial charge on any atom is 0.410 e. The van der Waals surface area contributed by atoms with E-state index in [1.54, 1.807) is 18.9 Å². The topological polar surface area (TPSA) is 77.8 Å². The van der Waals surface area contributed by atoms with Gasteiger partial charge in [0.15, 0.2) is 0 Å². The van der Waals surface area contributed by atoms with Crippen LogP contribution >= 0.6 is 0 Å². The molecule has 1 aromatic heterocycles. The first-order valence-corrected chi connectivity index (χ1v) is 8.01. The second-order valence-corrected chi connectivity index (χ2v) is 6.77. The molecule has 0 spiro atoms. The van der Waals surface area contributed by atoms with E-state index in [1.807, 2.05) is 20.8 Å². The van der Waals surface area contributed by atoms with Gasteiger partial charge in [-0.2, -0.15) is 0 Å². The molecular weight excluding hydrogens is 312 g/mol. The van der Waals surface area contributed by atoms with Crippen LogP contribution in [0.1, 0.15) is 49.3 Å². The van der Waals surface area contributed by atoms with Crippen LogP contribution in [0.15, 0.2) is 10.9 Å². The smallest absolute Gasteiger partial charge is 0.410 e. The standard InChI is InChI=1S/C17H24N2O5/c1-6-23-15(21)12-9-11-10-19(16(22)24-17(2,3)4)8-7-13(11)18(5)14(12)20/h9H,6-8,10H2,1-5H3. The number of ether oxygens (including phenoxy) is 2. The fourth-order valence-electron chi connectivity index (χ4n) is 2.67. The van der Waals surface area contributed by atoms with Crippen molar-refractivity contribution in [1.82, 2.24) is 9.47 Å². The van der Waals surface area contributed by atoms with Gasteiger partial charge in [0.25, 0.3) is 5.56 Å². The van der Waals surface area contributed by atoms with Crippen LogP contribution in [0.25, 0.3) is 0 Å². The Kier molecular flexibility index (Phi) is 5.01. The number of carbonyl (C=O) groups is 2. The molecule has 1 aliphatic heterocycles. The Hall–Kier alpha value is -2.31. The lowest BCUT2D eigenvalue weighted by atomic mass is 10.0. The number of nitrogens with zero attached hydrogens (tertiary/aromatic N) is 2. The first-order valence-electron chi connectivity index (χ1n) is 8.01. The highest BCUT2D eigenvalue weighted by Gasteiger charge is 2.28. The van der Waals surface area contributed by atoms with E-state index in [1.165, 1.54) is 10.6 Å². The summed E-state index contributed by atoms with van der Waals surface area (Å²) in [7, 11) is 1.63. The van der Waals surface area contributed by atoms with E-state index in [0.717, 1.165) is 11.3 Å². The number of aromatic nitrogens is 1. The van der Waals surface area contributed by atoms with Crippen LogP contribution in [0.3, 0.4) is 0 Å². The molecule has 1 amide bonds. The quantitative estimate of drug-likeness (QED) is 0.770. The van der Waals surface area contributed by atoms with Crippen molar-refractivity contribution in [3.05, 3.63) is 33.2 Å². The van der Waals surface area contributed by atoms with Crippen molar-refractivity contribution in [3.8, 4) is 0 Å². The van der Waals surface area contributed by atoms with E-state index < -0.39 is 17.7 Å². The summed E-state index contributed by atoms with van der Waals surface area (Å²) >= 11 is 0. The SMILES string of the molecule is CCOC(=O)c1cc2c(n(C)c1=O)CCN(C(=O)OC(C)(C)C)C2. The van der Waals surface area contributed by atoms with Gasteiger partial charge in [0.1, 0.15) is 11.2 Å². The predicted molar refractivity (Wildman–Crippen MR) is 88.0 cm³/mol. The summed E-state index contributed by atoms with van der Waals surface area (Å²) in [5.74, 6) is -0.643. The van der Waals surface area contributed by atoms with Crippen LogP contribution < -0.4 is 5.56 Å². The van der Waals surface area contributed by atoms with Crippen molar-refractivity contribution in [3.63, 3.8) is 0 Å². The second-order valence-electron chi connectivity index (χ2n) is 6.77. The molecule has 1 aliphatic rings. The fraction of sp³-hybridized carbons (Fsp3) is 0.588. The summed E-state index contributed by atoms with van der Waals surface area (Å²) in [6.07, 6.45) is 0.128. The van der Waals surface area contributed by atoms with Gasteiger partial charge in [-0.15, -0.1) is 0 Å². The summed E-state index contributed by atoms with van der Waals surface area (Å²) in [5.41, 5.74) is 0.629. The van der Waals surface area contributed by atoms with Crippen molar-refractivity contribution in [2.45, 2.75) is 46.3 Å². The lowest BCUT2D eigenvalue weighted by Crippen LogP contribution is -2.42. The van der Waals surface area contributed by atoms with Gasteiger partial charge in [0, 0.05) is 25.7 Å². The second kappa shape index (κ2) is 6.67. The zero-order chi connectivity index (χ0) is 18.1. The van der Waals surface area contributed by atoms with E-state index in [9.17, 15) is 14.4 Å². The zero-order valence-corrected chi connectivity index (χ0v) is 14.8. The monoisotopic (exact) mass is 336 g/mol. The summed E-state index contributed by atoms with van der Waals surface area (Å²) in [6.45, 7) is 8.08. The molecule has 0 aromatic carbocycles. The molecule has 0 saturated carbocycles. The molecule has 7 heteroatoms. The Balaban J connectivity index is 2.32. The molecule has 132 valence electrons.